The van der Waals surface area contributed by atoms with Crippen LogP contribution in [0.25, 0.3) is 11.1 Å². The Morgan fingerprint density at radius 3 is 2.40 bits per heavy atom. The average Bonchev–Trinajstić information content (AvgIpc) is 2.41. The minimum atomic E-state index is -0.663. The molecule has 0 bridgehead atoms. The van der Waals surface area contributed by atoms with Crippen molar-refractivity contribution in [1.29, 1.82) is 0 Å². The van der Waals surface area contributed by atoms with Gasteiger partial charge in [0.15, 0.2) is 0 Å². The van der Waals surface area contributed by atoms with E-state index in [-0.39, 0.29) is 12.1 Å². The van der Waals surface area contributed by atoms with Crippen molar-refractivity contribution in [2.24, 2.45) is 10.7 Å². The van der Waals surface area contributed by atoms with E-state index in [0.29, 0.717) is 22.4 Å². The number of benzene rings is 2. The molecular formula is C15H15F2N3. The molecule has 0 spiro atoms. The fourth-order valence-corrected chi connectivity index (χ4v) is 2.06. The monoisotopic (exact) mass is 275 g/mol. The maximum absolute atomic E-state index is 13.8. The minimum Gasteiger partial charge on any atom is -0.398 e. The number of hydrogen-bond acceptors (Lipinski definition) is 3. The predicted molar refractivity (Wildman–Crippen MR) is 77.6 cm³/mol. The second-order valence-corrected chi connectivity index (χ2v) is 4.32. The van der Waals surface area contributed by atoms with E-state index in [2.05, 4.69) is 4.99 Å². The first-order valence-electron chi connectivity index (χ1n) is 6.07. The largest absolute Gasteiger partial charge is 0.398 e. The van der Waals surface area contributed by atoms with Gasteiger partial charge in [-0.25, -0.2) is 8.78 Å². The molecule has 0 atom stereocenters. The molecule has 0 unspecified atom stereocenters. The van der Waals surface area contributed by atoms with Crippen molar-refractivity contribution in [1.82, 2.24) is 0 Å². The zero-order valence-corrected chi connectivity index (χ0v) is 11.0. The van der Waals surface area contributed by atoms with Crippen LogP contribution in [0.5, 0.6) is 0 Å². The summed E-state index contributed by atoms with van der Waals surface area (Å²) in [6.45, 7) is -0.182. The lowest BCUT2D eigenvalue weighted by Gasteiger charge is -2.11. The van der Waals surface area contributed by atoms with Crippen molar-refractivity contribution in [2.45, 2.75) is 6.54 Å². The van der Waals surface area contributed by atoms with E-state index < -0.39 is 11.6 Å². The number of nitrogens with zero attached hydrogens (tertiary/aromatic N) is 1. The van der Waals surface area contributed by atoms with Gasteiger partial charge in [0.2, 0.25) is 0 Å². The molecule has 0 aliphatic carbocycles. The Morgan fingerprint density at radius 1 is 1.20 bits per heavy atom. The Kier molecular flexibility index (Phi) is 4.10. The molecule has 2 aromatic carbocycles. The van der Waals surface area contributed by atoms with Gasteiger partial charge in [0.05, 0.1) is 0 Å². The number of nitrogen functional groups attached to an aromatic ring is 1. The number of anilines is 1. The molecule has 4 N–H and O–H groups in total. The van der Waals surface area contributed by atoms with Crippen LogP contribution in [0.4, 0.5) is 14.5 Å². The van der Waals surface area contributed by atoms with Gasteiger partial charge in [0.1, 0.15) is 11.6 Å². The van der Waals surface area contributed by atoms with Crippen LogP contribution in [0, 0.1) is 11.6 Å². The molecule has 0 fully saturated rings. The third kappa shape index (κ3) is 2.53. The third-order valence-corrected chi connectivity index (χ3v) is 3.05. The third-order valence-electron chi connectivity index (χ3n) is 3.05. The van der Waals surface area contributed by atoms with Crippen LogP contribution in [0.2, 0.25) is 0 Å². The summed E-state index contributed by atoms with van der Waals surface area (Å²) in [4.78, 5) is 3.92. The lowest BCUT2D eigenvalue weighted by atomic mass is 9.97. The number of rotatable bonds is 3. The van der Waals surface area contributed by atoms with E-state index in [4.69, 9.17) is 11.5 Å². The van der Waals surface area contributed by atoms with Crippen molar-refractivity contribution in [3.8, 4) is 11.1 Å². The van der Waals surface area contributed by atoms with Crippen LogP contribution in [0.1, 0.15) is 11.1 Å². The molecule has 0 saturated heterocycles. The Bertz CT molecular complexity index is 643. The smallest absolute Gasteiger partial charge is 0.131 e. The summed E-state index contributed by atoms with van der Waals surface area (Å²) in [5.41, 5.74) is 13.2. The maximum Gasteiger partial charge on any atom is 0.131 e. The Hall–Kier alpha value is -2.27. The quantitative estimate of drug-likeness (QED) is 0.668. The van der Waals surface area contributed by atoms with E-state index in [9.17, 15) is 8.78 Å². The zero-order chi connectivity index (χ0) is 14.7. The fourth-order valence-electron chi connectivity index (χ4n) is 2.06. The molecule has 2 aromatic rings. The van der Waals surface area contributed by atoms with E-state index in [1.54, 1.807) is 31.5 Å². The summed E-state index contributed by atoms with van der Waals surface area (Å²) in [7, 11) is 1.61. The van der Waals surface area contributed by atoms with E-state index >= 15 is 0 Å². The number of nitrogens with two attached hydrogens (primary N) is 2. The van der Waals surface area contributed by atoms with Crippen LogP contribution in [0.3, 0.4) is 0 Å². The summed E-state index contributed by atoms with van der Waals surface area (Å²) in [5.74, 6) is -1.33. The molecule has 20 heavy (non-hydrogen) atoms. The Balaban J connectivity index is 2.66. The standard InChI is InChI=1S/C15H15F2N3/c1-20-8-12-10(3-2-4-15(12)19)9-5-13(16)11(7-18)14(17)6-9/h2-6,8H,7,18-19H2,1H3. The molecule has 0 radical (unpaired) electrons. The first kappa shape index (κ1) is 14.1. The lowest BCUT2D eigenvalue weighted by Crippen LogP contribution is -2.04. The highest BCUT2D eigenvalue weighted by molar-refractivity contribution is 5.96. The van der Waals surface area contributed by atoms with Crippen LogP contribution in [0.15, 0.2) is 35.3 Å². The lowest BCUT2D eigenvalue weighted by molar-refractivity contribution is 0.558. The topological polar surface area (TPSA) is 64.4 Å². The predicted octanol–water partition coefficient (Wildman–Crippen LogP) is 2.72. The van der Waals surface area contributed by atoms with Crippen LogP contribution in [-0.2, 0) is 6.54 Å². The van der Waals surface area contributed by atoms with E-state index in [1.807, 2.05) is 0 Å². The highest BCUT2D eigenvalue weighted by Crippen LogP contribution is 2.29. The van der Waals surface area contributed by atoms with Gasteiger partial charge in [-0.1, -0.05) is 12.1 Å². The summed E-state index contributed by atoms with van der Waals surface area (Å²) >= 11 is 0. The molecule has 0 aliphatic heterocycles. The van der Waals surface area contributed by atoms with Gasteiger partial charge in [-0.3, -0.25) is 4.99 Å². The van der Waals surface area contributed by atoms with Gasteiger partial charge in [-0.05, 0) is 29.3 Å². The molecule has 0 aliphatic rings. The van der Waals surface area contributed by atoms with Crippen molar-refractivity contribution < 1.29 is 8.78 Å². The molecule has 0 aromatic heterocycles. The molecule has 104 valence electrons. The van der Waals surface area contributed by atoms with E-state index in [0.717, 1.165) is 0 Å². The number of aliphatic imine (C=N–C) groups is 1. The molecule has 0 saturated carbocycles. The molecule has 0 amide bonds. The first-order valence-corrected chi connectivity index (χ1v) is 6.07. The molecular weight excluding hydrogens is 260 g/mol. The van der Waals surface area contributed by atoms with Crippen LogP contribution < -0.4 is 11.5 Å². The minimum absolute atomic E-state index is 0.122. The van der Waals surface area contributed by atoms with Gasteiger partial charge in [-0.2, -0.15) is 0 Å². The number of halogens is 2. The normalized spacial score (nSPS) is 11.2. The van der Waals surface area contributed by atoms with Crippen molar-refractivity contribution in [2.75, 3.05) is 12.8 Å². The molecule has 2 rings (SSSR count). The fraction of sp³-hybridized carbons (Fsp3) is 0.133. The van der Waals surface area contributed by atoms with Gasteiger partial charge in [-0.15, -0.1) is 0 Å². The molecule has 3 nitrogen and oxygen atoms in total. The van der Waals surface area contributed by atoms with Crippen molar-refractivity contribution >= 4 is 11.9 Å². The van der Waals surface area contributed by atoms with Crippen molar-refractivity contribution in [3.05, 3.63) is 53.1 Å². The van der Waals surface area contributed by atoms with E-state index in [1.165, 1.54) is 12.1 Å². The van der Waals surface area contributed by atoms with Crippen LogP contribution >= 0.6 is 0 Å². The van der Waals surface area contributed by atoms with Crippen molar-refractivity contribution in [3.63, 3.8) is 0 Å². The summed E-state index contributed by atoms with van der Waals surface area (Å²) in [6, 6.07) is 7.69. The number of hydrogen-bond donors (Lipinski definition) is 2. The van der Waals surface area contributed by atoms with Crippen LogP contribution in [-0.4, -0.2) is 13.3 Å². The first-order chi connectivity index (χ1) is 9.58. The molecule has 5 heteroatoms. The maximum atomic E-state index is 13.8. The highest BCUT2D eigenvalue weighted by atomic mass is 19.1. The summed E-state index contributed by atoms with van der Waals surface area (Å²) in [6.07, 6.45) is 1.57. The van der Waals surface area contributed by atoms with Gasteiger partial charge in [0.25, 0.3) is 0 Å². The zero-order valence-electron chi connectivity index (χ0n) is 11.0. The summed E-state index contributed by atoms with van der Waals surface area (Å²) < 4.78 is 27.7. The Labute approximate surface area is 115 Å². The average molecular weight is 275 g/mol. The Morgan fingerprint density at radius 2 is 1.85 bits per heavy atom. The van der Waals surface area contributed by atoms with Gasteiger partial charge >= 0.3 is 0 Å². The highest BCUT2D eigenvalue weighted by Gasteiger charge is 2.13. The second-order valence-electron chi connectivity index (χ2n) is 4.32. The van der Waals surface area contributed by atoms with Gasteiger partial charge in [0, 0.05) is 36.6 Å². The second kappa shape index (κ2) is 5.79. The van der Waals surface area contributed by atoms with Gasteiger partial charge < -0.3 is 11.5 Å². The summed E-state index contributed by atoms with van der Waals surface area (Å²) in [5, 5.41) is 0. The SMILES string of the molecule is CN=Cc1c(N)cccc1-c1cc(F)c(CN)c(F)c1. The molecule has 0 heterocycles.